The average Bonchev–Trinajstić information content (AvgIpc) is 2.63. The predicted octanol–water partition coefficient (Wildman–Crippen LogP) is 3.78. The molecule has 0 unspecified atom stereocenters. The lowest BCUT2D eigenvalue weighted by atomic mass is 10.1. The predicted molar refractivity (Wildman–Crippen MR) is 100 cm³/mol. The number of benzene rings is 2. The minimum atomic E-state index is -0.509. The smallest absolute Gasteiger partial charge is 0.254 e. The third-order valence-electron chi connectivity index (χ3n) is 4.65. The summed E-state index contributed by atoms with van der Waals surface area (Å²) in [6, 6.07) is 14.3. The maximum absolute atomic E-state index is 12.9. The number of carbonyl (C=O) groups is 2. The molecule has 0 aromatic heterocycles. The quantitative estimate of drug-likeness (QED) is 0.839. The summed E-state index contributed by atoms with van der Waals surface area (Å²) in [7, 11) is 0. The SMILES string of the molecule is CCc1ccccc1N1CCN(C(=O)c2cccc(Cl)c2)[C@H](C)C1=O. The number of carbonyl (C=O) groups excluding carboxylic acids is 2. The Morgan fingerprint density at radius 3 is 2.64 bits per heavy atom. The number of rotatable bonds is 3. The molecule has 1 atom stereocenters. The summed E-state index contributed by atoms with van der Waals surface area (Å²) in [5.41, 5.74) is 2.59. The van der Waals surface area contributed by atoms with Crippen molar-refractivity contribution in [2.24, 2.45) is 0 Å². The van der Waals surface area contributed by atoms with E-state index in [2.05, 4.69) is 6.92 Å². The molecule has 130 valence electrons. The van der Waals surface area contributed by atoms with E-state index in [0.717, 1.165) is 17.7 Å². The third-order valence-corrected chi connectivity index (χ3v) is 4.89. The first-order valence-corrected chi connectivity index (χ1v) is 8.86. The summed E-state index contributed by atoms with van der Waals surface area (Å²) in [6.07, 6.45) is 0.861. The Morgan fingerprint density at radius 1 is 1.16 bits per heavy atom. The fourth-order valence-corrected chi connectivity index (χ4v) is 3.44. The number of hydrogen-bond donors (Lipinski definition) is 0. The molecular formula is C20H21ClN2O2. The molecule has 0 spiro atoms. The highest BCUT2D eigenvalue weighted by atomic mass is 35.5. The molecule has 5 heteroatoms. The highest BCUT2D eigenvalue weighted by molar-refractivity contribution is 6.31. The minimum absolute atomic E-state index is 0.0532. The van der Waals surface area contributed by atoms with Gasteiger partial charge in [0.2, 0.25) is 5.91 Å². The molecule has 4 nitrogen and oxygen atoms in total. The zero-order chi connectivity index (χ0) is 18.0. The number of nitrogens with zero attached hydrogens (tertiary/aromatic N) is 2. The van der Waals surface area contributed by atoms with E-state index in [4.69, 9.17) is 11.6 Å². The Balaban J connectivity index is 1.83. The first kappa shape index (κ1) is 17.5. The molecule has 2 amide bonds. The second-order valence-electron chi connectivity index (χ2n) is 6.16. The summed E-state index contributed by atoms with van der Waals surface area (Å²) >= 11 is 5.98. The van der Waals surface area contributed by atoms with Crippen molar-refractivity contribution in [3.05, 3.63) is 64.7 Å². The lowest BCUT2D eigenvalue weighted by Gasteiger charge is -2.39. The molecule has 1 fully saturated rings. The standard InChI is InChI=1S/C20H21ClN2O2/c1-3-15-7-4-5-10-18(15)23-12-11-22(14(2)19(23)24)20(25)16-8-6-9-17(21)13-16/h4-10,13-14H,3,11-12H2,1-2H3/t14-/m1/s1. The Hall–Kier alpha value is -2.33. The van der Waals surface area contributed by atoms with E-state index in [1.165, 1.54) is 0 Å². The molecule has 3 rings (SSSR count). The highest BCUT2D eigenvalue weighted by Gasteiger charge is 2.35. The van der Waals surface area contributed by atoms with E-state index in [9.17, 15) is 9.59 Å². The van der Waals surface area contributed by atoms with Crippen LogP contribution in [0.4, 0.5) is 5.69 Å². The van der Waals surface area contributed by atoms with Crippen molar-refractivity contribution in [2.45, 2.75) is 26.3 Å². The van der Waals surface area contributed by atoms with Gasteiger partial charge in [0.25, 0.3) is 5.91 Å². The van der Waals surface area contributed by atoms with Gasteiger partial charge in [0.05, 0.1) is 0 Å². The van der Waals surface area contributed by atoms with Crippen molar-refractivity contribution < 1.29 is 9.59 Å². The molecule has 1 aliphatic rings. The molecule has 1 saturated heterocycles. The van der Waals surface area contributed by atoms with Crippen molar-refractivity contribution in [3.63, 3.8) is 0 Å². The van der Waals surface area contributed by atoms with Crippen LogP contribution in [0.1, 0.15) is 29.8 Å². The van der Waals surface area contributed by atoms with Gasteiger partial charge in [-0.05, 0) is 43.2 Å². The number of piperazine rings is 1. The maximum Gasteiger partial charge on any atom is 0.254 e. The van der Waals surface area contributed by atoms with Gasteiger partial charge in [0.15, 0.2) is 0 Å². The van der Waals surface area contributed by atoms with Crippen LogP contribution < -0.4 is 4.90 Å². The molecule has 2 aromatic carbocycles. The van der Waals surface area contributed by atoms with Crippen LogP contribution in [-0.2, 0) is 11.2 Å². The second-order valence-corrected chi connectivity index (χ2v) is 6.59. The number of para-hydroxylation sites is 1. The Morgan fingerprint density at radius 2 is 1.92 bits per heavy atom. The van der Waals surface area contributed by atoms with Gasteiger partial charge in [0.1, 0.15) is 6.04 Å². The second kappa shape index (κ2) is 7.28. The van der Waals surface area contributed by atoms with Gasteiger partial charge in [-0.1, -0.05) is 42.8 Å². The van der Waals surface area contributed by atoms with Gasteiger partial charge in [-0.3, -0.25) is 9.59 Å². The van der Waals surface area contributed by atoms with Crippen molar-refractivity contribution in [3.8, 4) is 0 Å². The van der Waals surface area contributed by atoms with Crippen LogP contribution in [0.15, 0.2) is 48.5 Å². The number of anilines is 1. The molecule has 0 N–H and O–H groups in total. The van der Waals surface area contributed by atoms with Crippen LogP contribution >= 0.6 is 11.6 Å². The molecule has 0 saturated carbocycles. The summed E-state index contributed by atoms with van der Waals surface area (Å²) in [4.78, 5) is 29.1. The van der Waals surface area contributed by atoms with Crippen molar-refractivity contribution in [1.82, 2.24) is 4.90 Å². The minimum Gasteiger partial charge on any atom is -0.325 e. The molecule has 0 radical (unpaired) electrons. The molecular weight excluding hydrogens is 336 g/mol. The monoisotopic (exact) mass is 356 g/mol. The highest BCUT2D eigenvalue weighted by Crippen LogP contribution is 2.26. The summed E-state index contributed by atoms with van der Waals surface area (Å²) in [6.45, 7) is 4.85. The lowest BCUT2D eigenvalue weighted by molar-refractivity contribution is -0.124. The van der Waals surface area contributed by atoms with Crippen LogP contribution in [-0.4, -0.2) is 35.8 Å². The van der Waals surface area contributed by atoms with Crippen LogP contribution in [0, 0.1) is 0 Å². The molecule has 0 aliphatic carbocycles. The largest absolute Gasteiger partial charge is 0.325 e. The van der Waals surface area contributed by atoms with E-state index >= 15 is 0 Å². The molecule has 2 aromatic rings. The van der Waals surface area contributed by atoms with E-state index < -0.39 is 6.04 Å². The first-order chi connectivity index (χ1) is 12.0. The van der Waals surface area contributed by atoms with Gasteiger partial charge in [-0.25, -0.2) is 0 Å². The van der Waals surface area contributed by atoms with Gasteiger partial charge in [-0.2, -0.15) is 0 Å². The van der Waals surface area contributed by atoms with E-state index in [1.54, 1.807) is 41.0 Å². The number of hydrogen-bond acceptors (Lipinski definition) is 2. The lowest BCUT2D eigenvalue weighted by Crippen LogP contribution is -2.58. The third kappa shape index (κ3) is 3.40. The summed E-state index contributed by atoms with van der Waals surface area (Å²) < 4.78 is 0. The molecule has 1 heterocycles. The topological polar surface area (TPSA) is 40.6 Å². The van der Waals surface area contributed by atoms with E-state index in [-0.39, 0.29) is 11.8 Å². The molecule has 1 aliphatic heterocycles. The van der Waals surface area contributed by atoms with E-state index in [0.29, 0.717) is 23.7 Å². The number of halogens is 1. The van der Waals surface area contributed by atoms with Gasteiger partial charge >= 0.3 is 0 Å². The van der Waals surface area contributed by atoms with Crippen LogP contribution in [0.25, 0.3) is 0 Å². The van der Waals surface area contributed by atoms with Crippen LogP contribution in [0.5, 0.6) is 0 Å². The Kier molecular flexibility index (Phi) is 5.09. The van der Waals surface area contributed by atoms with Gasteiger partial charge in [-0.15, -0.1) is 0 Å². The van der Waals surface area contributed by atoms with Crippen molar-refractivity contribution in [2.75, 3.05) is 18.0 Å². The Bertz CT molecular complexity index is 806. The zero-order valence-electron chi connectivity index (χ0n) is 14.4. The summed E-state index contributed by atoms with van der Waals surface area (Å²) in [5.74, 6) is -0.214. The van der Waals surface area contributed by atoms with Gasteiger partial charge in [0, 0.05) is 29.4 Å². The fourth-order valence-electron chi connectivity index (χ4n) is 3.25. The first-order valence-electron chi connectivity index (χ1n) is 8.48. The number of aryl methyl sites for hydroxylation is 1. The zero-order valence-corrected chi connectivity index (χ0v) is 15.2. The van der Waals surface area contributed by atoms with Crippen LogP contribution in [0.2, 0.25) is 5.02 Å². The number of amides is 2. The summed E-state index contributed by atoms with van der Waals surface area (Å²) in [5, 5.41) is 0.514. The van der Waals surface area contributed by atoms with E-state index in [1.807, 2.05) is 24.3 Å². The van der Waals surface area contributed by atoms with Gasteiger partial charge < -0.3 is 9.80 Å². The van der Waals surface area contributed by atoms with Crippen molar-refractivity contribution >= 4 is 29.1 Å². The van der Waals surface area contributed by atoms with Crippen molar-refractivity contribution in [1.29, 1.82) is 0 Å². The fraction of sp³-hybridized carbons (Fsp3) is 0.300. The van der Waals surface area contributed by atoms with Crippen LogP contribution in [0.3, 0.4) is 0 Å². The average molecular weight is 357 g/mol. The molecule has 25 heavy (non-hydrogen) atoms. The maximum atomic E-state index is 12.9. The Labute approximate surface area is 153 Å². The molecule has 0 bridgehead atoms. The normalized spacial score (nSPS) is 17.7.